The summed E-state index contributed by atoms with van der Waals surface area (Å²) in [5, 5.41) is 3.74. The largest absolute Gasteiger partial charge is 0.333 e. The van der Waals surface area contributed by atoms with Crippen molar-refractivity contribution < 1.29 is 9.59 Å². The average Bonchev–Trinajstić information content (AvgIpc) is 3.10. The van der Waals surface area contributed by atoms with Crippen molar-refractivity contribution in [2.75, 3.05) is 11.9 Å². The third-order valence-corrected chi connectivity index (χ3v) is 5.57. The average molecular weight is 399 g/mol. The fourth-order valence-corrected chi connectivity index (χ4v) is 4.12. The summed E-state index contributed by atoms with van der Waals surface area (Å²) in [5.41, 5.74) is 1.75. The van der Waals surface area contributed by atoms with Crippen molar-refractivity contribution in [3.8, 4) is 0 Å². The van der Waals surface area contributed by atoms with Gasteiger partial charge in [-0.1, -0.05) is 41.1 Å². The van der Waals surface area contributed by atoms with E-state index in [0.717, 1.165) is 10.6 Å². The van der Waals surface area contributed by atoms with Gasteiger partial charge >= 0.3 is 0 Å². The first kappa shape index (κ1) is 17.6. The van der Waals surface area contributed by atoms with Gasteiger partial charge in [0.2, 0.25) is 0 Å². The van der Waals surface area contributed by atoms with E-state index in [1.54, 1.807) is 53.6 Å². The normalized spacial score (nSPS) is 13.1. The maximum Gasteiger partial charge on any atom is 0.276 e. The monoisotopic (exact) mass is 398 g/mol. The summed E-state index contributed by atoms with van der Waals surface area (Å²) in [5.74, 6) is -0.399. The number of carbonyl (C=O) groups is 2. The SMILES string of the molecule is O=C(Nc1nc2c(s1)CN(C(=O)c1ccccc1Cl)CC2)c1ccccn1. The molecule has 8 heteroatoms. The third-order valence-electron chi connectivity index (χ3n) is 4.24. The summed E-state index contributed by atoms with van der Waals surface area (Å²) in [6.07, 6.45) is 2.21. The first-order chi connectivity index (χ1) is 13.1. The second kappa shape index (κ2) is 7.46. The van der Waals surface area contributed by atoms with Crippen LogP contribution in [0.25, 0.3) is 0 Å². The first-order valence-electron chi connectivity index (χ1n) is 8.36. The van der Waals surface area contributed by atoms with Crippen molar-refractivity contribution >= 4 is 39.9 Å². The third kappa shape index (κ3) is 3.70. The van der Waals surface area contributed by atoms with Gasteiger partial charge in [-0.15, -0.1) is 0 Å². The van der Waals surface area contributed by atoms with E-state index in [4.69, 9.17) is 11.6 Å². The fraction of sp³-hybridized carbons (Fsp3) is 0.158. The number of nitrogens with zero attached hydrogens (tertiary/aromatic N) is 3. The van der Waals surface area contributed by atoms with Crippen LogP contribution in [0.4, 0.5) is 5.13 Å². The van der Waals surface area contributed by atoms with Crippen LogP contribution >= 0.6 is 22.9 Å². The molecule has 4 rings (SSSR count). The molecule has 0 aliphatic carbocycles. The number of pyridine rings is 1. The van der Waals surface area contributed by atoms with Gasteiger partial charge in [-0.05, 0) is 24.3 Å². The molecule has 0 saturated heterocycles. The van der Waals surface area contributed by atoms with E-state index in [-0.39, 0.29) is 11.8 Å². The van der Waals surface area contributed by atoms with Crippen LogP contribution in [0, 0.1) is 0 Å². The van der Waals surface area contributed by atoms with Gasteiger partial charge in [0.05, 0.1) is 22.8 Å². The lowest BCUT2D eigenvalue weighted by Gasteiger charge is -2.26. The number of amides is 2. The summed E-state index contributed by atoms with van der Waals surface area (Å²) in [7, 11) is 0. The van der Waals surface area contributed by atoms with Gasteiger partial charge in [-0.3, -0.25) is 19.9 Å². The summed E-state index contributed by atoms with van der Waals surface area (Å²) in [6.45, 7) is 1.02. The molecular weight excluding hydrogens is 384 g/mol. The van der Waals surface area contributed by atoms with Crippen molar-refractivity contribution in [3.05, 3.63) is 75.5 Å². The molecule has 2 amide bonds. The molecule has 3 aromatic rings. The molecule has 0 atom stereocenters. The highest BCUT2D eigenvalue weighted by Gasteiger charge is 2.26. The minimum Gasteiger partial charge on any atom is -0.333 e. The van der Waals surface area contributed by atoms with Gasteiger partial charge < -0.3 is 4.90 Å². The maximum atomic E-state index is 12.7. The van der Waals surface area contributed by atoms with Crippen molar-refractivity contribution in [1.29, 1.82) is 0 Å². The van der Waals surface area contributed by atoms with Crippen LogP contribution in [0.5, 0.6) is 0 Å². The number of fused-ring (bicyclic) bond motifs is 1. The maximum absolute atomic E-state index is 12.7. The van der Waals surface area contributed by atoms with Gasteiger partial charge in [0, 0.05) is 24.0 Å². The molecule has 0 fully saturated rings. The predicted octanol–water partition coefficient (Wildman–Crippen LogP) is 3.64. The van der Waals surface area contributed by atoms with Gasteiger partial charge in [-0.2, -0.15) is 0 Å². The van der Waals surface area contributed by atoms with E-state index in [1.165, 1.54) is 11.3 Å². The number of halogens is 1. The Hall–Kier alpha value is -2.77. The molecule has 136 valence electrons. The van der Waals surface area contributed by atoms with Crippen LogP contribution in [0.2, 0.25) is 5.02 Å². The Morgan fingerprint density at radius 1 is 1.15 bits per heavy atom. The zero-order valence-corrected chi connectivity index (χ0v) is 15.8. The summed E-state index contributed by atoms with van der Waals surface area (Å²) < 4.78 is 0. The Kier molecular flexibility index (Phi) is 4.87. The van der Waals surface area contributed by atoms with Crippen molar-refractivity contribution in [2.45, 2.75) is 13.0 Å². The van der Waals surface area contributed by atoms with Crippen LogP contribution in [0.1, 0.15) is 31.4 Å². The van der Waals surface area contributed by atoms with E-state index in [1.807, 2.05) is 0 Å². The van der Waals surface area contributed by atoms with E-state index in [0.29, 0.717) is 40.9 Å². The molecule has 27 heavy (non-hydrogen) atoms. The molecular formula is C19H15ClN4O2S. The standard InChI is InChI=1S/C19H15ClN4O2S/c20-13-6-2-1-5-12(13)18(26)24-10-8-14-16(11-24)27-19(22-14)23-17(25)15-7-3-4-9-21-15/h1-7,9H,8,10-11H2,(H,22,23,25). The lowest BCUT2D eigenvalue weighted by atomic mass is 10.1. The summed E-state index contributed by atoms with van der Waals surface area (Å²) in [6, 6.07) is 12.2. The quantitative estimate of drug-likeness (QED) is 0.730. The highest BCUT2D eigenvalue weighted by Crippen LogP contribution is 2.30. The molecule has 2 aromatic heterocycles. The Labute approximate surface area is 164 Å². The molecule has 0 spiro atoms. The first-order valence-corrected chi connectivity index (χ1v) is 9.56. The molecule has 0 unspecified atom stereocenters. The molecule has 0 saturated carbocycles. The van der Waals surface area contributed by atoms with Gasteiger partial charge in [0.1, 0.15) is 5.69 Å². The second-order valence-corrected chi connectivity index (χ2v) is 7.51. The number of anilines is 1. The van der Waals surface area contributed by atoms with Crippen molar-refractivity contribution in [3.63, 3.8) is 0 Å². The predicted molar refractivity (Wildman–Crippen MR) is 104 cm³/mol. The number of thiazole rings is 1. The van der Waals surface area contributed by atoms with E-state index < -0.39 is 0 Å². The zero-order chi connectivity index (χ0) is 18.8. The Bertz CT molecular complexity index is 1010. The molecule has 1 aliphatic rings. The van der Waals surface area contributed by atoms with Gasteiger partial charge in [0.15, 0.2) is 5.13 Å². The Morgan fingerprint density at radius 3 is 2.74 bits per heavy atom. The van der Waals surface area contributed by atoms with Crippen LogP contribution in [-0.2, 0) is 13.0 Å². The molecule has 6 nitrogen and oxygen atoms in total. The number of aromatic nitrogens is 2. The lowest BCUT2D eigenvalue weighted by molar-refractivity contribution is 0.0736. The molecule has 1 N–H and O–H groups in total. The highest BCUT2D eigenvalue weighted by molar-refractivity contribution is 7.15. The van der Waals surface area contributed by atoms with Crippen LogP contribution in [0.3, 0.4) is 0 Å². The lowest BCUT2D eigenvalue weighted by Crippen LogP contribution is -2.35. The molecule has 1 aliphatic heterocycles. The van der Waals surface area contributed by atoms with E-state index >= 15 is 0 Å². The smallest absolute Gasteiger partial charge is 0.276 e. The number of benzene rings is 1. The van der Waals surface area contributed by atoms with Crippen molar-refractivity contribution in [2.24, 2.45) is 0 Å². The number of nitrogens with one attached hydrogen (secondary N) is 1. The van der Waals surface area contributed by atoms with Gasteiger partial charge in [0.25, 0.3) is 11.8 Å². The van der Waals surface area contributed by atoms with E-state index in [2.05, 4.69) is 15.3 Å². The Balaban J connectivity index is 1.49. The minimum atomic E-state index is -0.300. The van der Waals surface area contributed by atoms with E-state index in [9.17, 15) is 9.59 Å². The molecule has 0 radical (unpaired) electrons. The fourth-order valence-electron chi connectivity index (χ4n) is 2.89. The van der Waals surface area contributed by atoms with Crippen LogP contribution < -0.4 is 5.32 Å². The molecule has 1 aromatic carbocycles. The number of hydrogen-bond acceptors (Lipinski definition) is 5. The summed E-state index contributed by atoms with van der Waals surface area (Å²) in [4.78, 5) is 36.2. The topological polar surface area (TPSA) is 75.2 Å². The number of carbonyl (C=O) groups excluding carboxylic acids is 2. The molecule has 3 heterocycles. The van der Waals surface area contributed by atoms with Gasteiger partial charge in [-0.25, -0.2) is 4.98 Å². The zero-order valence-electron chi connectivity index (χ0n) is 14.2. The molecule has 0 bridgehead atoms. The van der Waals surface area contributed by atoms with Crippen LogP contribution in [-0.4, -0.2) is 33.2 Å². The highest BCUT2D eigenvalue weighted by atomic mass is 35.5. The Morgan fingerprint density at radius 2 is 1.96 bits per heavy atom. The minimum absolute atomic E-state index is 0.0984. The number of rotatable bonds is 3. The second-order valence-electron chi connectivity index (χ2n) is 6.01. The van der Waals surface area contributed by atoms with Crippen LogP contribution in [0.15, 0.2) is 48.7 Å². The summed E-state index contributed by atoms with van der Waals surface area (Å²) >= 11 is 7.53. The van der Waals surface area contributed by atoms with Crippen molar-refractivity contribution in [1.82, 2.24) is 14.9 Å². The number of hydrogen-bond donors (Lipinski definition) is 1.